The molecular weight excluding hydrogens is 270 g/mol. The van der Waals surface area contributed by atoms with Crippen LogP contribution in [0.25, 0.3) is 0 Å². The highest BCUT2D eigenvalue weighted by Gasteiger charge is 2.59. The summed E-state index contributed by atoms with van der Waals surface area (Å²) < 4.78 is 0. The molecule has 0 aromatic rings. The van der Waals surface area contributed by atoms with Crippen molar-refractivity contribution >= 4 is 0 Å². The fourth-order valence-corrected chi connectivity index (χ4v) is 7.26. The van der Waals surface area contributed by atoms with Gasteiger partial charge in [-0.2, -0.15) is 0 Å². The van der Waals surface area contributed by atoms with Crippen LogP contribution in [0.2, 0.25) is 0 Å². The second-order valence-electron chi connectivity index (χ2n) is 9.14. The number of nitrogens with one attached hydrogen (secondary N) is 1. The summed E-state index contributed by atoms with van der Waals surface area (Å²) in [7, 11) is 2.16. The molecule has 0 heterocycles. The van der Waals surface area contributed by atoms with E-state index in [1.165, 1.54) is 38.5 Å². The van der Waals surface area contributed by atoms with Gasteiger partial charge in [0, 0.05) is 6.04 Å². The molecule has 0 bridgehead atoms. The maximum absolute atomic E-state index is 10.0. The second kappa shape index (κ2) is 5.08. The summed E-state index contributed by atoms with van der Waals surface area (Å²) in [6.07, 6.45) is 13.6. The predicted molar refractivity (Wildman–Crippen MR) is 90.5 cm³/mol. The van der Waals surface area contributed by atoms with Crippen molar-refractivity contribution in [3.8, 4) is 0 Å². The number of hydrogen-bond acceptors (Lipinski definition) is 2. The molecule has 0 spiro atoms. The Bertz CT molecular complexity index is 474. The van der Waals surface area contributed by atoms with Crippen LogP contribution in [0.15, 0.2) is 12.2 Å². The van der Waals surface area contributed by atoms with Crippen molar-refractivity contribution in [1.29, 1.82) is 0 Å². The standard InChI is InChI=1S/C20H33NO/c1-19-10-8-14(22)12-13(19)4-5-15-16-6-7-18(21-3)20(16,2)11-9-17(15)19/h8,10,13-18,21-22H,4-7,9,11-12H2,1-3H3/t13-,14-,15-,16+,17-,18-,19-,20-/m0/s1. The Morgan fingerprint density at radius 1 is 1.05 bits per heavy atom. The van der Waals surface area contributed by atoms with Gasteiger partial charge in [-0.1, -0.05) is 26.0 Å². The van der Waals surface area contributed by atoms with E-state index in [0.717, 1.165) is 30.2 Å². The van der Waals surface area contributed by atoms with Crippen molar-refractivity contribution in [3.63, 3.8) is 0 Å². The van der Waals surface area contributed by atoms with Crippen molar-refractivity contribution in [3.05, 3.63) is 12.2 Å². The lowest BCUT2D eigenvalue weighted by Gasteiger charge is -2.59. The van der Waals surface area contributed by atoms with Gasteiger partial charge >= 0.3 is 0 Å². The molecule has 0 saturated heterocycles. The maximum Gasteiger partial charge on any atom is 0.0724 e. The van der Waals surface area contributed by atoms with Gasteiger partial charge < -0.3 is 10.4 Å². The summed E-state index contributed by atoms with van der Waals surface area (Å²) in [5.41, 5.74) is 0.873. The number of aliphatic hydroxyl groups excluding tert-OH is 1. The third kappa shape index (κ3) is 1.92. The zero-order chi connectivity index (χ0) is 15.5. The van der Waals surface area contributed by atoms with E-state index in [9.17, 15) is 5.11 Å². The molecule has 2 heteroatoms. The zero-order valence-electron chi connectivity index (χ0n) is 14.5. The average Bonchev–Trinajstić information content (AvgIpc) is 2.84. The van der Waals surface area contributed by atoms with Gasteiger partial charge in [0.2, 0.25) is 0 Å². The third-order valence-corrected chi connectivity index (χ3v) is 8.52. The van der Waals surface area contributed by atoms with Crippen LogP contribution >= 0.6 is 0 Å². The molecule has 0 aromatic carbocycles. The number of allylic oxidation sites excluding steroid dienone is 1. The summed E-state index contributed by atoms with van der Waals surface area (Å²) in [5.74, 6) is 3.39. The molecule has 0 radical (unpaired) electrons. The molecule has 0 aliphatic heterocycles. The van der Waals surface area contributed by atoms with Crippen molar-refractivity contribution in [2.24, 2.45) is 34.5 Å². The van der Waals surface area contributed by atoms with Crippen LogP contribution in [-0.2, 0) is 0 Å². The van der Waals surface area contributed by atoms with E-state index in [0.29, 0.717) is 16.7 Å². The number of fused-ring (bicyclic) bond motifs is 5. The summed E-state index contributed by atoms with van der Waals surface area (Å²) in [6.45, 7) is 5.07. The van der Waals surface area contributed by atoms with Gasteiger partial charge in [-0.15, -0.1) is 0 Å². The van der Waals surface area contributed by atoms with E-state index in [-0.39, 0.29) is 6.10 Å². The van der Waals surface area contributed by atoms with E-state index < -0.39 is 0 Å². The Kier molecular flexibility index (Phi) is 3.51. The van der Waals surface area contributed by atoms with E-state index >= 15 is 0 Å². The monoisotopic (exact) mass is 303 g/mol. The second-order valence-corrected chi connectivity index (χ2v) is 9.14. The Labute approximate surface area is 135 Å². The smallest absolute Gasteiger partial charge is 0.0724 e. The molecule has 4 aliphatic rings. The number of aliphatic hydroxyl groups is 1. The van der Waals surface area contributed by atoms with Gasteiger partial charge in [-0.25, -0.2) is 0 Å². The van der Waals surface area contributed by atoms with E-state index in [2.05, 4.69) is 38.4 Å². The highest BCUT2D eigenvalue weighted by molar-refractivity contribution is 5.17. The average molecular weight is 303 g/mol. The normalized spacial score (nSPS) is 57.1. The van der Waals surface area contributed by atoms with Crippen LogP contribution in [0.4, 0.5) is 0 Å². The van der Waals surface area contributed by atoms with Gasteiger partial charge in [0.1, 0.15) is 0 Å². The molecule has 4 rings (SSSR count). The van der Waals surface area contributed by atoms with Crippen molar-refractivity contribution < 1.29 is 5.11 Å². The van der Waals surface area contributed by atoms with Crippen molar-refractivity contribution in [2.75, 3.05) is 7.05 Å². The Hall–Kier alpha value is -0.340. The Morgan fingerprint density at radius 3 is 2.64 bits per heavy atom. The quantitative estimate of drug-likeness (QED) is 0.723. The minimum Gasteiger partial charge on any atom is -0.389 e. The molecule has 4 aliphatic carbocycles. The lowest BCUT2D eigenvalue weighted by Crippen LogP contribution is -2.54. The van der Waals surface area contributed by atoms with Gasteiger partial charge in [0.05, 0.1) is 6.10 Å². The van der Waals surface area contributed by atoms with Crippen molar-refractivity contribution in [2.45, 2.75) is 70.9 Å². The molecule has 0 unspecified atom stereocenters. The first kappa shape index (κ1) is 15.2. The minimum atomic E-state index is -0.191. The van der Waals surface area contributed by atoms with Crippen LogP contribution < -0.4 is 5.32 Å². The minimum absolute atomic E-state index is 0.191. The van der Waals surface area contributed by atoms with Gasteiger partial charge in [0.15, 0.2) is 0 Å². The number of hydrogen-bond donors (Lipinski definition) is 2. The molecular formula is C20H33NO. The van der Waals surface area contributed by atoms with Crippen LogP contribution in [0, 0.1) is 34.5 Å². The van der Waals surface area contributed by atoms with Crippen LogP contribution in [0.1, 0.15) is 58.8 Å². The van der Waals surface area contributed by atoms with E-state index in [4.69, 9.17) is 0 Å². The first-order chi connectivity index (χ1) is 10.5. The largest absolute Gasteiger partial charge is 0.389 e. The first-order valence-electron chi connectivity index (χ1n) is 9.53. The third-order valence-electron chi connectivity index (χ3n) is 8.52. The molecule has 2 N–H and O–H groups in total. The molecule has 22 heavy (non-hydrogen) atoms. The van der Waals surface area contributed by atoms with Crippen LogP contribution in [0.5, 0.6) is 0 Å². The zero-order valence-corrected chi connectivity index (χ0v) is 14.5. The fraction of sp³-hybridized carbons (Fsp3) is 0.900. The molecule has 3 saturated carbocycles. The highest BCUT2D eigenvalue weighted by atomic mass is 16.3. The molecule has 124 valence electrons. The lowest BCUT2D eigenvalue weighted by molar-refractivity contribution is -0.0806. The van der Waals surface area contributed by atoms with E-state index in [1.54, 1.807) is 0 Å². The molecule has 2 nitrogen and oxygen atoms in total. The Balaban J connectivity index is 1.65. The van der Waals surface area contributed by atoms with Gasteiger partial charge in [-0.3, -0.25) is 0 Å². The maximum atomic E-state index is 10.0. The van der Waals surface area contributed by atoms with Crippen LogP contribution in [0.3, 0.4) is 0 Å². The molecule has 8 atom stereocenters. The fourth-order valence-electron chi connectivity index (χ4n) is 7.26. The highest BCUT2D eigenvalue weighted by Crippen LogP contribution is 2.65. The number of rotatable bonds is 1. The van der Waals surface area contributed by atoms with E-state index in [1.807, 2.05) is 0 Å². The summed E-state index contributed by atoms with van der Waals surface area (Å²) in [6, 6.07) is 0.729. The summed E-state index contributed by atoms with van der Waals surface area (Å²) >= 11 is 0. The molecule has 0 amide bonds. The molecule has 3 fully saturated rings. The Morgan fingerprint density at radius 2 is 1.86 bits per heavy atom. The lowest BCUT2D eigenvalue weighted by atomic mass is 9.46. The molecule has 0 aromatic heterocycles. The topological polar surface area (TPSA) is 32.3 Å². The van der Waals surface area contributed by atoms with Crippen molar-refractivity contribution in [1.82, 2.24) is 5.32 Å². The van der Waals surface area contributed by atoms with Gasteiger partial charge in [0.25, 0.3) is 0 Å². The SMILES string of the molecule is CN[C@H]1CC[C@@H]2[C@@H]3CC[C@H]4C[C@@H](O)C=C[C@]4(C)[C@H]3CC[C@]12C. The first-order valence-corrected chi connectivity index (χ1v) is 9.53. The summed E-state index contributed by atoms with van der Waals surface area (Å²) in [5, 5.41) is 13.6. The van der Waals surface area contributed by atoms with Crippen LogP contribution in [-0.4, -0.2) is 24.3 Å². The van der Waals surface area contributed by atoms with Gasteiger partial charge in [-0.05, 0) is 86.5 Å². The summed E-state index contributed by atoms with van der Waals surface area (Å²) in [4.78, 5) is 0. The predicted octanol–water partition coefficient (Wildman–Crippen LogP) is 3.75.